The second kappa shape index (κ2) is 3.82. The molecule has 2 N–H and O–H groups in total. The first-order valence-corrected chi connectivity index (χ1v) is 5.95. The Balaban J connectivity index is 1.77. The summed E-state index contributed by atoms with van der Waals surface area (Å²) in [5.74, 6) is 1.95. The average molecular weight is 197 g/mol. The highest BCUT2D eigenvalue weighted by Crippen LogP contribution is 2.44. The molecule has 3 unspecified atom stereocenters. The molecular weight excluding hydrogens is 174 g/mol. The van der Waals surface area contributed by atoms with E-state index in [1.165, 1.54) is 25.7 Å². The summed E-state index contributed by atoms with van der Waals surface area (Å²) in [6.07, 6.45) is 5.73. The molecule has 2 nitrogen and oxygen atoms in total. The molecule has 2 bridgehead atoms. The van der Waals surface area contributed by atoms with Gasteiger partial charge >= 0.3 is 0 Å². The van der Waals surface area contributed by atoms with Crippen molar-refractivity contribution in [1.82, 2.24) is 5.32 Å². The van der Waals surface area contributed by atoms with Gasteiger partial charge in [0.1, 0.15) is 0 Å². The monoisotopic (exact) mass is 197 g/mol. The van der Waals surface area contributed by atoms with Crippen molar-refractivity contribution in [2.75, 3.05) is 13.2 Å². The molecule has 0 aromatic heterocycles. The number of hydrogen-bond donors (Lipinski definition) is 2. The zero-order valence-electron chi connectivity index (χ0n) is 9.42. The highest BCUT2D eigenvalue weighted by atomic mass is 16.3. The van der Waals surface area contributed by atoms with Crippen molar-refractivity contribution in [3.05, 3.63) is 0 Å². The lowest BCUT2D eigenvalue weighted by Crippen LogP contribution is -2.41. The smallest absolute Gasteiger partial charge is 0.0494 e. The molecule has 0 amide bonds. The largest absolute Gasteiger partial charge is 0.396 e. The van der Waals surface area contributed by atoms with Crippen molar-refractivity contribution < 1.29 is 5.11 Å². The van der Waals surface area contributed by atoms with Gasteiger partial charge in [-0.15, -0.1) is 0 Å². The molecule has 3 atom stereocenters. The maximum Gasteiger partial charge on any atom is 0.0494 e. The number of nitrogens with one attached hydrogen (secondary N) is 1. The van der Waals surface area contributed by atoms with Gasteiger partial charge in [-0.05, 0) is 31.1 Å². The fourth-order valence-electron chi connectivity index (χ4n) is 2.96. The van der Waals surface area contributed by atoms with E-state index in [1.807, 2.05) is 0 Å². The van der Waals surface area contributed by atoms with Gasteiger partial charge in [-0.2, -0.15) is 0 Å². The minimum atomic E-state index is 0.0435. The third-order valence-electron chi connectivity index (χ3n) is 4.01. The van der Waals surface area contributed by atoms with Gasteiger partial charge in [0.15, 0.2) is 0 Å². The second-order valence-electron chi connectivity index (χ2n) is 5.98. The van der Waals surface area contributed by atoms with Crippen LogP contribution in [0, 0.1) is 17.3 Å². The summed E-state index contributed by atoms with van der Waals surface area (Å²) in [7, 11) is 0. The van der Waals surface area contributed by atoms with E-state index in [9.17, 15) is 0 Å². The van der Waals surface area contributed by atoms with Crippen LogP contribution in [0.4, 0.5) is 0 Å². The van der Waals surface area contributed by atoms with Crippen LogP contribution in [0.25, 0.3) is 0 Å². The van der Waals surface area contributed by atoms with Crippen molar-refractivity contribution >= 4 is 0 Å². The first kappa shape index (κ1) is 10.4. The molecule has 0 radical (unpaired) electrons. The zero-order chi connectivity index (χ0) is 10.2. The van der Waals surface area contributed by atoms with Crippen molar-refractivity contribution in [3.8, 4) is 0 Å². The van der Waals surface area contributed by atoms with Gasteiger partial charge in [0.25, 0.3) is 0 Å². The summed E-state index contributed by atoms with van der Waals surface area (Å²) < 4.78 is 0. The molecule has 0 aliphatic heterocycles. The Morgan fingerprint density at radius 1 is 1.29 bits per heavy atom. The first-order valence-electron chi connectivity index (χ1n) is 5.95. The van der Waals surface area contributed by atoms with E-state index in [0.29, 0.717) is 0 Å². The predicted octanol–water partition coefficient (Wildman–Crippen LogP) is 1.78. The summed E-state index contributed by atoms with van der Waals surface area (Å²) in [5, 5.41) is 12.8. The summed E-state index contributed by atoms with van der Waals surface area (Å²) in [6.45, 7) is 5.47. The molecule has 0 spiro atoms. The molecule has 0 saturated heterocycles. The maximum atomic E-state index is 9.16. The van der Waals surface area contributed by atoms with Crippen LogP contribution in [0.2, 0.25) is 0 Å². The van der Waals surface area contributed by atoms with Gasteiger partial charge in [0, 0.05) is 24.6 Å². The van der Waals surface area contributed by atoms with Crippen LogP contribution >= 0.6 is 0 Å². The van der Waals surface area contributed by atoms with Gasteiger partial charge in [-0.25, -0.2) is 0 Å². The summed E-state index contributed by atoms with van der Waals surface area (Å²) in [5.41, 5.74) is 0.0435. The van der Waals surface area contributed by atoms with Gasteiger partial charge in [0.2, 0.25) is 0 Å². The number of aliphatic hydroxyl groups excluding tert-OH is 1. The Bertz CT molecular complexity index is 202. The van der Waals surface area contributed by atoms with Crippen LogP contribution < -0.4 is 5.32 Å². The molecule has 0 heterocycles. The minimum absolute atomic E-state index is 0.0435. The topological polar surface area (TPSA) is 32.3 Å². The molecule has 2 heteroatoms. The quantitative estimate of drug-likeness (QED) is 0.720. The Labute approximate surface area is 87.1 Å². The zero-order valence-corrected chi connectivity index (χ0v) is 9.42. The van der Waals surface area contributed by atoms with E-state index in [4.69, 9.17) is 5.11 Å². The lowest BCUT2D eigenvalue weighted by molar-refractivity contribution is 0.148. The number of rotatable bonds is 4. The highest BCUT2D eigenvalue weighted by Gasteiger charge is 2.39. The van der Waals surface area contributed by atoms with Crippen LogP contribution in [-0.2, 0) is 0 Å². The fraction of sp³-hybridized carbons (Fsp3) is 1.00. The SMILES string of the molecule is CC(C)(CO)CNC1CC2CCC1C2. The predicted molar refractivity (Wildman–Crippen MR) is 58.1 cm³/mol. The average Bonchev–Trinajstić information content (AvgIpc) is 2.76. The van der Waals surface area contributed by atoms with Crippen LogP contribution in [0.15, 0.2) is 0 Å². The summed E-state index contributed by atoms with van der Waals surface area (Å²) in [4.78, 5) is 0. The van der Waals surface area contributed by atoms with Crippen molar-refractivity contribution in [1.29, 1.82) is 0 Å². The first-order chi connectivity index (χ1) is 6.61. The Hall–Kier alpha value is -0.0800. The van der Waals surface area contributed by atoms with Crippen molar-refractivity contribution in [2.45, 2.75) is 45.6 Å². The molecule has 2 fully saturated rings. The Kier molecular flexibility index (Phi) is 2.85. The van der Waals surface area contributed by atoms with Gasteiger partial charge < -0.3 is 10.4 Å². The van der Waals surface area contributed by atoms with E-state index in [-0.39, 0.29) is 12.0 Å². The standard InChI is InChI=1S/C12H23NO/c1-12(2,8-14)7-13-11-6-9-3-4-10(11)5-9/h9-11,13-14H,3-8H2,1-2H3. The lowest BCUT2D eigenvalue weighted by atomic mass is 9.91. The molecule has 0 aromatic rings. The summed E-state index contributed by atoms with van der Waals surface area (Å²) >= 11 is 0. The maximum absolute atomic E-state index is 9.16. The van der Waals surface area contributed by atoms with Gasteiger partial charge in [-0.3, -0.25) is 0 Å². The third kappa shape index (κ3) is 2.12. The molecule has 2 aliphatic carbocycles. The molecule has 2 rings (SSSR count). The van der Waals surface area contributed by atoms with Gasteiger partial charge in [-0.1, -0.05) is 20.3 Å². The number of fused-ring (bicyclic) bond motifs is 2. The van der Waals surface area contributed by atoms with Crippen LogP contribution in [0.1, 0.15) is 39.5 Å². The molecule has 0 aromatic carbocycles. The molecule has 2 saturated carbocycles. The van der Waals surface area contributed by atoms with Crippen LogP contribution in [0.5, 0.6) is 0 Å². The van der Waals surface area contributed by atoms with Crippen LogP contribution in [0.3, 0.4) is 0 Å². The second-order valence-corrected chi connectivity index (χ2v) is 5.98. The fourth-order valence-corrected chi connectivity index (χ4v) is 2.96. The van der Waals surface area contributed by atoms with Crippen LogP contribution in [-0.4, -0.2) is 24.3 Å². The minimum Gasteiger partial charge on any atom is -0.396 e. The normalized spacial score (nSPS) is 36.6. The lowest BCUT2D eigenvalue weighted by Gasteiger charge is -2.28. The van der Waals surface area contributed by atoms with Crippen molar-refractivity contribution in [3.63, 3.8) is 0 Å². The van der Waals surface area contributed by atoms with E-state index < -0.39 is 0 Å². The highest BCUT2D eigenvalue weighted by molar-refractivity contribution is 4.94. The Morgan fingerprint density at radius 2 is 2.07 bits per heavy atom. The van der Waals surface area contributed by atoms with E-state index in [2.05, 4.69) is 19.2 Å². The van der Waals surface area contributed by atoms with Crippen molar-refractivity contribution in [2.24, 2.45) is 17.3 Å². The van der Waals surface area contributed by atoms with Gasteiger partial charge in [0.05, 0.1) is 0 Å². The third-order valence-corrected chi connectivity index (χ3v) is 4.01. The van der Waals surface area contributed by atoms with E-state index in [1.54, 1.807) is 0 Å². The number of hydrogen-bond acceptors (Lipinski definition) is 2. The molecule has 2 aliphatic rings. The summed E-state index contributed by atoms with van der Waals surface area (Å²) in [6, 6.07) is 0.750. The molecular formula is C12H23NO. The molecule has 82 valence electrons. The number of aliphatic hydroxyl groups is 1. The van der Waals surface area contributed by atoms with E-state index >= 15 is 0 Å². The van der Waals surface area contributed by atoms with E-state index in [0.717, 1.165) is 24.4 Å². The Morgan fingerprint density at radius 3 is 2.57 bits per heavy atom. The molecule has 14 heavy (non-hydrogen) atoms.